The summed E-state index contributed by atoms with van der Waals surface area (Å²) in [6, 6.07) is 0.312. The fourth-order valence-electron chi connectivity index (χ4n) is 3.41. The molecule has 3 atom stereocenters. The first-order chi connectivity index (χ1) is 7.70. The molecule has 2 aliphatic rings. The van der Waals surface area contributed by atoms with Crippen LogP contribution in [0.3, 0.4) is 0 Å². The van der Waals surface area contributed by atoms with E-state index >= 15 is 0 Å². The number of nitrogens with zero attached hydrogens (tertiary/aromatic N) is 1. The summed E-state index contributed by atoms with van der Waals surface area (Å²) in [6.45, 7) is 3.27. The molecule has 3 nitrogen and oxygen atoms in total. The molecule has 2 rings (SSSR count). The molecule has 1 heterocycles. The predicted molar refractivity (Wildman–Crippen MR) is 63.4 cm³/mol. The van der Waals surface area contributed by atoms with Gasteiger partial charge in [0.1, 0.15) is 6.04 Å². The molecule has 1 aliphatic carbocycles. The molecule has 1 N–H and O–H groups in total. The van der Waals surface area contributed by atoms with E-state index in [0.717, 1.165) is 19.4 Å². The zero-order valence-electron chi connectivity index (χ0n) is 10.2. The molecule has 16 heavy (non-hydrogen) atoms. The number of carbonyl (C=O) groups is 1. The lowest BCUT2D eigenvalue weighted by Gasteiger charge is -2.35. The molecule has 0 bridgehead atoms. The molecular weight excluding hydrogens is 202 g/mol. The molecule has 0 radical (unpaired) electrons. The summed E-state index contributed by atoms with van der Waals surface area (Å²) in [5.74, 6) is 0.0703. The second kappa shape index (κ2) is 5.17. The molecule has 1 saturated carbocycles. The predicted octanol–water partition coefficient (Wildman–Crippen LogP) is 2.50. The van der Waals surface area contributed by atoms with E-state index in [1.54, 1.807) is 0 Å². The minimum absolute atomic E-state index is 0.215. The molecule has 0 aromatic rings. The van der Waals surface area contributed by atoms with E-state index < -0.39 is 5.97 Å². The van der Waals surface area contributed by atoms with Crippen molar-refractivity contribution in [3.05, 3.63) is 0 Å². The number of rotatable bonds is 2. The summed E-state index contributed by atoms with van der Waals surface area (Å²) < 4.78 is 0. The lowest BCUT2D eigenvalue weighted by atomic mass is 10.0. The van der Waals surface area contributed by atoms with Crippen LogP contribution in [0.5, 0.6) is 0 Å². The third kappa shape index (κ3) is 2.40. The Labute approximate surface area is 97.8 Å². The molecule has 0 amide bonds. The van der Waals surface area contributed by atoms with E-state index in [1.807, 2.05) is 0 Å². The van der Waals surface area contributed by atoms with E-state index in [9.17, 15) is 9.90 Å². The van der Waals surface area contributed by atoms with Crippen molar-refractivity contribution in [2.45, 2.75) is 64.0 Å². The van der Waals surface area contributed by atoms with Crippen LogP contribution in [0.2, 0.25) is 0 Å². The lowest BCUT2D eigenvalue weighted by Crippen LogP contribution is -2.48. The first-order valence-corrected chi connectivity index (χ1v) is 6.68. The van der Waals surface area contributed by atoms with Gasteiger partial charge in [0.15, 0.2) is 0 Å². The Morgan fingerprint density at radius 2 is 1.94 bits per heavy atom. The molecule has 1 saturated heterocycles. The van der Waals surface area contributed by atoms with Gasteiger partial charge < -0.3 is 5.11 Å². The van der Waals surface area contributed by atoms with Gasteiger partial charge in [0.05, 0.1) is 0 Å². The second-order valence-corrected chi connectivity index (χ2v) is 5.42. The van der Waals surface area contributed by atoms with E-state index in [1.165, 1.54) is 32.1 Å². The average Bonchev–Trinajstić information content (AvgIpc) is 2.54. The van der Waals surface area contributed by atoms with Crippen LogP contribution < -0.4 is 0 Å². The van der Waals surface area contributed by atoms with Crippen molar-refractivity contribution < 1.29 is 9.90 Å². The van der Waals surface area contributed by atoms with Gasteiger partial charge in [0.25, 0.3) is 0 Å². The fraction of sp³-hybridized carbons (Fsp3) is 0.923. The number of aliphatic carboxylic acids is 1. The summed E-state index contributed by atoms with van der Waals surface area (Å²) in [5, 5.41) is 9.34. The number of likely N-dealkylation sites (tertiary alicyclic amines) is 1. The first kappa shape index (κ1) is 11.9. The van der Waals surface area contributed by atoms with Crippen molar-refractivity contribution in [2.24, 2.45) is 5.92 Å². The summed E-state index contributed by atoms with van der Waals surface area (Å²) in [4.78, 5) is 13.6. The van der Waals surface area contributed by atoms with Crippen molar-refractivity contribution >= 4 is 5.97 Å². The Morgan fingerprint density at radius 1 is 1.12 bits per heavy atom. The lowest BCUT2D eigenvalue weighted by molar-refractivity contribution is -0.144. The molecule has 3 unspecified atom stereocenters. The highest BCUT2D eigenvalue weighted by Crippen LogP contribution is 2.33. The molecule has 3 heteroatoms. The smallest absolute Gasteiger partial charge is 0.320 e. The summed E-state index contributed by atoms with van der Waals surface area (Å²) in [6.07, 6.45) is 8.04. The van der Waals surface area contributed by atoms with E-state index in [0.29, 0.717) is 12.0 Å². The van der Waals surface area contributed by atoms with Crippen LogP contribution in [0.25, 0.3) is 0 Å². The second-order valence-electron chi connectivity index (χ2n) is 5.42. The molecule has 1 aliphatic heterocycles. The van der Waals surface area contributed by atoms with Gasteiger partial charge in [-0.3, -0.25) is 9.69 Å². The van der Waals surface area contributed by atoms with E-state index in [-0.39, 0.29) is 6.04 Å². The number of hydrogen-bond donors (Lipinski definition) is 1. The van der Waals surface area contributed by atoms with Crippen molar-refractivity contribution in [3.63, 3.8) is 0 Å². The van der Waals surface area contributed by atoms with Crippen LogP contribution in [-0.4, -0.2) is 34.6 Å². The largest absolute Gasteiger partial charge is 0.480 e. The van der Waals surface area contributed by atoms with E-state index in [4.69, 9.17) is 0 Å². The van der Waals surface area contributed by atoms with Gasteiger partial charge in [0.2, 0.25) is 0 Å². The Morgan fingerprint density at radius 3 is 2.56 bits per heavy atom. The van der Waals surface area contributed by atoms with Gasteiger partial charge in [-0.05, 0) is 38.1 Å². The third-order valence-electron chi connectivity index (χ3n) is 4.32. The van der Waals surface area contributed by atoms with E-state index in [2.05, 4.69) is 11.8 Å². The van der Waals surface area contributed by atoms with Crippen LogP contribution in [-0.2, 0) is 4.79 Å². The molecule has 0 spiro atoms. The number of carboxylic acids is 1. The van der Waals surface area contributed by atoms with Gasteiger partial charge in [-0.25, -0.2) is 0 Å². The van der Waals surface area contributed by atoms with Crippen LogP contribution in [0, 0.1) is 5.92 Å². The van der Waals surface area contributed by atoms with Crippen LogP contribution in [0.4, 0.5) is 0 Å². The SMILES string of the molecule is CC1CCCC1N1CCCCCC1C(=O)O. The monoisotopic (exact) mass is 225 g/mol. The molecular formula is C13H23NO2. The van der Waals surface area contributed by atoms with Crippen molar-refractivity contribution in [1.82, 2.24) is 4.90 Å². The van der Waals surface area contributed by atoms with Gasteiger partial charge >= 0.3 is 5.97 Å². The van der Waals surface area contributed by atoms with Gasteiger partial charge in [0, 0.05) is 6.04 Å². The highest BCUT2D eigenvalue weighted by Gasteiger charge is 2.36. The maximum Gasteiger partial charge on any atom is 0.320 e. The number of carboxylic acid groups (broad SMARTS) is 1. The Kier molecular flexibility index (Phi) is 3.85. The van der Waals surface area contributed by atoms with Crippen LogP contribution in [0.15, 0.2) is 0 Å². The molecule has 0 aromatic carbocycles. The maximum absolute atomic E-state index is 11.3. The van der Waals surface area contributed by atoms with Crippen molar-refractivity contribution in [2.75, 3.05) is 6.54 Å². The fourth-order valence-corrected chi connectivity index (χ4v) is 3.41. The molecule has 0 aromatic heterocycles. The summed E-state index contributed by atoms with van der Waals surface area (Å²) in [7, 11) is 0. The van der Waals surface area contributed by atoms with Gasteiger partial charge in [-0.15, -0.1) is 0 Å². The normalized spacial score (nSPS) is 37.2. The average molecular weight is 225 g/mol. The third-order valence-corrected chi connectivity index (χ3v) is 4.32. The Bertz CT molecular complexity index is 254. The maximum atomic E-state index is 11.3. The Balaban J connectivity index is 2.10. The molecule has 92 valence electrons. The van der Waals surface area contributed by atoms with Gasteiger partial charge in [-0.1, -0.05) is 26.2 Å². The van der Waals surface area contributed by atoms with Crippen LogP contribution in [0.1, 0.15) is 51.9 Å². The number of hydrogen-bond acceptors (Lipinski definition) is 2. The zero-order chi connectivity index (χ0) is 11.5. The van der Waals surface area contributed by atoms with Crippen molar-refractivity contribution in [3.8, 4) is 0 Å². The standard InChI is InChI=1S/C13H23NO2/c1-10-6-5-8-11(10)14-9-4-2-3-7-12(14)13(15)16/h10-12H,2-9H2,1H3,(H,15,16). The first-order valence-electron chi connectivity index (χ1n) is 6.68. The van der Waals surface area contributed by atoms with Crippen molar-refractivity contribution in [1.29, 1.82) is 0 Å². The zero-order valence-corrected chi connectivity index (χ0v) is 10.2. The van der Waals surface area contributed by atoms with Crippen LogP contribution >= 0.6 is 0 Å². The quantitative estimate of drug-likeness (QED) is 0.785. The Hall–Kier alpha value is -0.570. The van der Waals surface area contributed by atoms with Gasteiger partial charge in [-0.2, -0.15) is 0 Å². The minimum atomic E-state index is -0.610. The summed E-state index contributed by atoms with van der Waals surface area (Å²) in [5.41, 5.74) is 0. The molecule has 2 fully saturated rings. The topological polar surface area (TPSA) is 40.5 Å². The highest BCUT2D eigenvalue weighted by atomic mass is 16.4. The highest BCUT2D eigenvalue weighted by molar-refractivity contribution is 5.73. The minimum Gasteiger partial charge on any atom is -0.480 e. The summed E-state index contributed by atoms with van der Waals surface area (Å²) >= 11 is 0.